The number of amides is 4. The predicted molar refractivity (Wildman–Crippen MR) is 432 cm³/mol. The van der Waals surface area contributed by atoms with Crippen LogP contribution < -0.4 is 41.5 Å². The van der Waals surface area contributed by atoms with E-state index in [4.69, 9.17) is 18.0 Å². The first-order valence-corrected chi connectivity index (χ1v) is 37.5. The number of pyridine rings is 1. The van der Waals surface area contributed by atoms with Crippen molar-refractivity contribution in [2.75, 3.05) is 61.6 Å². The maximum atomic E-state index is 15.0. The topological polar surface area (TPSA) is 349 Å². The Labute approximate surface area is 672 Å². The van der Waals surface area contributed by atoms with E-state index in [9.17, 15) is 81.1 Å². The Hall–Kier alpha value is -14.5. The summed E-state index contributed by atoms with van der Waals surface area (Å²) >= 11 is 0. The molecule has 2 aliphatic rings. The van der Waals surface area contributed by atoms with Crippen molar-refractivity contribution in [1.82, 2.24) is 26.3 Å². The van der Waals surface area contributed by atoms with Crippen molar-refractivity contribution in [2.24, 2.45) is 4.99 Å². The summed E-state index contributed by atoms with van der Waals surface area (Å²) in [4.78, 5) is 96.2. The summed E-state index contributed by atoms with van der Waals surface area (Å²) in [6.45, 7) is 4.47. The number of anilines is 3. The molecule has 0 saturated heterocycles. The molecule has 15 rings (SSSR count). The number of halogens is 6. The van der Waals surface area contributed by atoms with Crippen molar-refractivity contribution in [3.63, 3.8) is 0 Å². The quantitative estimate of drug-likeness (QED) is 0.0128. The Morgan fingerprint density at radius 2 is 1.05 bits per heavy atom. The number of furan rings is 3. The average molecular weight is 1610 g/mol. The van der Waals surface area contributed by atoms with Crippen molar-refractivity contribution >= 4 is 107 Å². The largest absolute Gasteiger partial charge is 0.455 e. The van der Waals surface area contributed by atoms with E-state index < -0.39 is 88.6 Å². The number of H-pyrrole nitrogens is 1. The Morgan fingerprint density at radius 3 is 1.55 bits per heavy atom. The third-order valence-electron chi connectivity index (χ3n) is 21.4. The molecule has 30 heteroatoms. The Morgan fingerprint density at radius 1 is 0.555 bits per heavy atom. The molecule has 0 unspecified atom stereocenters. The van der Waals surface area contributed by atoms with Crippen LogP contribution in [0.1, 0.15) is 98.7 Å². The molecule has 0 bridgehead atoms. The molecule has 0 spiro atoms. The molecule has 1 aliphatic heterocycles. The van der Waals surface area contributed by atoms with E-state index in [1.165, 1.54) is 133 Å². The zero-order chi connectivity index (χ0) is 84.5. The Balaban J connectivity index is 0.884. The number of aliphatic hydroxyl groups is 2. The lowest BCUT2D eigenvalue weighted by Crippen LogP contribution is -2.51. The summed E-state index contributed by atoms with van der Waals surface area (Å²) in [6, 6.07) is 38.9. The first-order valence-electron chi connectivity index (χ1n) is 37.5. The van der Waals surface area contributed by atoms with Gasteiger partial charge in [-0.05, 0) is 203 Å². The van der Waals surface area contributed by atoms with Crippen LogP contribution in [-0.4, -0.2) is 120 Å². The maximum Gasteiger partial charge on any atom is 0.411 e. The fraction of sp³-hybridized carbons (Fsp3) is 0.213. The highest BCUT2D eigenvalue weighted by Gasteiger charge is 2.64. The summed E-state index contributed by atoms with van der Waals surface area (Å²) in [6.07, 6.45) is 1.12. The van der Waals surface area contributed by atoms with Crippen LogP contribution in [0.5, 0.6) is 0 Å². The molecule has 119 heavy (non-hydrogen) atoms. The molecule has 1 fully saturated rings. The number of rotatable bonds is 24. The molecule has 24 nitrogen and oxygen atoms in total. The lowest BCUT2D eigenvalue weighted by Gasteiger charge is -2.26. The van der Waals surface area contributed by atoms with Gasteiger partial charge in [0.05, 0.1) is 57.8 Å². The smallest absolute Gasteiger partial charge is 0.411 e. The molecule has 600 valence electrons. The number of alkyl halides is 3. The van der Waals surface area contributed by atoms with Gasteiger partial charge >= 0.3 is 12.1 Å². The minimum atomic E-state index is -4.76. The highest BCUT2D eigenvalue weighted by molar-refractivity contribution is 6.17. The number of aromatic amines is 1. The highest BCUT2D eigenvalue weighted by atomic mass is 19.4. The van der Waals surface area contributed by atoms with Gasteiger partial charge in [0.25, 0.3) is 29.2 Å². The summed E-state index contributed by atoms with van der Waals surface area (Å²) < 4.78 is 112. The van der Waals surface area contributed by atoms with Gasteiger partial charge in [-0.25, -0.2) is 23.0 Å². The third-order valence-corrected chi connectivity index (χ3v) is 21.4. The first-order chi connectivity index (χ1) is 56.9. The average Bonchev–Trinajstić information content (AvgIpc) is 1.60. The van der Waals surface area contributed by atoms with Crippen LogP contribution in [0.4, 0.5) is 43.4 Å². The fourth-order valence-corrected chi connectivity index (χ4v) is 14.8. The van der Waals surface area contributed by atoms with Crippen molar-refractivity contribution < 1.29 is 78.5 Å². The van der Waals surface area contributed by atoms with E-state index in [0.29, 0.717) is 44.3 Å². The molecule has 1 saturated carbocycles. The second-order valence-electron chi connectivity index (χ2n) is 29.8. The SMILES string of the molecule is CCN(C#N)c1cc2oc(-c3ccc(F)cc3)c(C(=O)NC)c2cc1-c1cc(CCN(C#N)c2cc3oc4c5ccc(F)cc5[nH]c(=O)c4c3cc2-c2cc(CCN(C#N)c3cc4oc(-c5ccc(F)cc5)c(C(=O)NC)c4cc3-c3cccc(C(=O)NC4(C(F)(F)F)CC4)c3)cc(C(=O)NC(C)(CO)CO)c2)cc(C2=NC(C)(C)C(=O)O2)c1. The highest BCUT2D eigenvalue weighted by Crippen LogP contribution is 2.50. The molecule has 1 aliphatic carbocycles. The standard InChI is InChI=1S/C89H70F6N12O12/c1-7-105(43-96)67-38-70-64(74(82(113)100-6)77(116-70)49-13-17-57(91)18-14-49)36-61(67)53-28-47(30-55(33-53)84-104-86(2,3)85(115)119-84)22-26-107(45-98)69-40-72-65(75-78(118-72)59-20-19-58(92)34-66(59)101-83(75)114)37-62(69)52-27-46(29-54(32-52)80(111)102-87(4,41-108)42-109)21-25-106(44-97)68-39-71-63(73(81(112)99-5)76(117-71)48-11-15-56(90)16-12-48)35-60(68)50-9-8-10-51(31-50)79(110)103-88(23-24-88)89(93,94)95/h8-20,27-40,108-109H,7,21-26,41-42H2,1-6H3,(H,99,112)(H,100,113)(H,101,114)(H,102,111)(H,103,110). The molecule has 13 aromatic rings. The van der Waals surface area contributed by atoms with Crippen molar-refractivity contribution in [2.45, 2.75) is 76.2 Å². The normalized spacial score (nSPS) is 13.5. The van der Waals surface area contributed by atoms with E-state index in [0.717, 1.165) is 18.2 Å². The van der Waals surface area contributed by atoms with Gasteiger partial charge in [-0.3, -0.25) is 38.7 Å². The summed E-state index contributed by atoms with van der Waals surface area (Å²) in [5.41, 5.74) is -2.20. The number of fused-ring (bicyclic) bond motifs is 7. The monoisotopic (exact) mass is 1610 g/mol. The van der Waals surface area contributed by atoms with Gasteiger partial charge in [0, 0.05) is 118 Å². The van der Waals surface area contributed by atoms with E-state index in [1.54, 1.807) is 69.3 Å². The number of aliphatic imine (C=N–C) groups is 1. The fourth-order valence-electron chi connectivity index (χ4n) is 14.8. The third kappa shape index (κ3) is 14.9. The number of carbonyl (C=O) groups is 5. The number of hydrogen-bond acceptors (Lipinski definition) is 19. The zero-order valence-electron chi connectivity index (χ0n) is 64.3. The van der Waals surface area contributed by atoms with Crippen molar-refractivity contribution in [3.05, 3.63) is 231 Å². The van der Waals surface area contributed by atoms with Crippen LogP contribution in [0, 0.1) is 51.8 Å². The minimum Gasteiger partial charge on any atom is -0.455 e. The van der Waals surface area contributed by atoms with Crippen LogP contribution >= 0.6 is 0 Å². The number of aliphatic hydroxyl groups excluding tert-OH is 2. The molecule has 7 N–H and O–H groups in total. The van der Waals surface area contributed by atoms with Crippen LogP contribution in [0.25, 0.3) is 111 Å². The van der Waals surface area contributed by atoms with Crippen molar-refractivity contribution in [1.29, 1.82) is 15.8 Å². The number of benzene rings is 9. The zero-order valence-corrected chi connectivity index (χ0v) is 64.3. The first kappa shape index (κ1) is 79.7. The minimum absolute atomic E-state index is 0.00266. The number of nitrogens with zero attached hydrogens (tertiary/aromatic N) is 7. The number of carbonyl (C=O) groups excluding carboxylic acids is 5. The van der Waals surface area contributed by atoms with Crippen LogP contribution in [-0.2, 0) is 22.4 Å². The Kier molecular flexibility index (Phi) is 20.7. The molecular formula is C89H70F6N12O12. The van der Waals surface area contributed by atoms with E-state index >= 15 is 0 Å². The van der Waals surface area contributed by atoms with Gasteiger partial charge < -0.3 is 54.5 Å². The summed E-state index contributed by atoms with van der Waals surface area (Å²) in [7, 11) is 2.81. The number of aromatic nitrogens is 1. The molecule has 4 aromatic heterocycles. The maximum absolute atomic E-state index is 15.0. The number of cyclic esters (lactones) is 1. The van der Waals surface area contributed by atoms with Crippen LogP contribution in [0.3, 0.4) is 0 Å². The van der Waals surface area contributed by atoms with Gasteiger partial charge in [0.15, 0.2) is 24.1 Å². The van der Waals surface area contributed by atoms with E-state index in [1.807, 2.05) is 0 Å². The number of ether oxygens (including phenoxy) is 1. The van der Waals surface area contributed by atoms with Gasteiger partial charge in [-0.15, -0.1) is 0 Å². The van der Waals surface area contributed by atoms with Crippen LogP contribution in [0.15, 0.2) is 187 Å². The number of nitrogens with one attached hydrogen (secondary N) is 5. The number of esters is 1. The van der Waals surface area contributed by atoms with E-state index in [2.05, 4.69) is 49.8 Å². The molecule has 4 amide bonds. The van der Waals surface area contributed by atoms with Gasteiger partial charge in [0.2, 0.25) is 5.90 Å². The second kappa shape index (κ2) is 30.9. The Bertz CT molecular complexity index is 6640. The summed E-state index contributed by atoms with van der Waals surface area (Å²) in [5.74, 6) is -5.49. The number of nitriles is 3. The molecule has 9 aromatic carbocycles. The van der Waals surface area contributed by atoms with Gasteiger partial charge in [-0.2, -0.15) is 29.0 Å². The molecule has 0 radical (unpaired) electrons. The lowest BCUT2D eigenvalue weighted by molar-refractivity contribution is -0.163. The van der Waals surface area contributed by atoms with E-state index in [-0.39, 0.29) is 174 Å². The lowest BCUT2D eigenvalue weighted by atomic mass is 9.93. The molecule has 5 heterocycles. The van der Waals surface area contributed by atoms with Gasteiger partial charge in [0.1, 0.15) is 56.8 Å². The van der Waals surface area contributed by atoms with Crippen LogP contribution in [0.2, 0.25) is 0 Å². The predicted octanol–water partition coefficient (Wildman–Crippen LogP) is 15.1. The van der Waals surface area contributed by atoms with Gasteiger partial charge in [-0.1, -0.05) is 24.3 Å². The molecule has 0 atom stereocenters. The van der Waals surface area contributed by atoms with Crippen molar-refractivity contribution in [3.8, 4) is 74.6 Å². The molecular weight excluding hydrogens is 1540 g/mol. The number of hydrogen-bond donors (Lipinski definition) is 7. The summed E-state index contributed by atoms with van der Waals surface area (Å²) in [5, 5.41) is 66.2. The second-order valence-corrected chi connectivity index (χ2v) is 29.8.